The maximum Gasteiger partial charge on any atom is 0.328 e. The maximum atomic E-state index is 13.1. The average molecular weight is 297 g/mol. The predicted molar refractivity (Wildman–Crippen MR) is 79.1 cm³/mol. The van der Waals surface area contributed by atoms with E-state index in [9.17, 15) is 13.6 Å². The quantitative estimate of drug-likeness (QED) is 0.424. The molecule has 1 aromatic carbocycles. The fraction of sp³-hybridized carbons (Fsp3) is 0.438. The van der Waals surface area contributed by atoms with Gasteiger partial charge in [0.25, 0.3) is 0 Å². The Bertz CT molecular complexity index is 457. The first-order chi connectivity index (χ1) is 10.1. The summed E-state index contributed by atoms with van der Waals surface area (Å²) in [5, 5.41) is 2.83. The van der Waals surface area contributed by atoms with Gasteiger partial charge >= 0.3 is 5.97 Å². The second-order valence-electron chi connectivity index (χ2n) is 4.80. The minimum atomic E-state index is -0.688. The van der Waals surface area contributed by atoms with Crippen molar-refractivity contribution in [1.29, 1.82) is 0 Å². The normalized spacial score (nSPS) is 11.8. The monoisotopic (exact) mass is 297 g/mol. The van der Waals surface area contributed by atoms with Gasteiger partial charge in [0.2, 0.25) is 0 Å². The van der Waals surface area contributed by atoms with Crippen LogP contribution in [0.3, 0.4) is 0 Å². The molecule has 0 fully saturated rings. The molecule has 0 bridgehead atoms. The molecular weight excluding hydrogens is 276 g/mol. The van der Waals surface area contributed by atoms with Crippen LogP contribution in [0.5, 0.6) is 0 Å². The van der Waals surface area contributed by atoms with Crippen LogP contribution in [-0.4, -0.2) is 19.1 Å². The molecule has 0 aliphatic carbocycles. The molecule has 0 amide bonds. The Morgan fingerprint density at radius 3 is 2.52 bits per heavy atom. The van der Waals surface area contributed by atoms with Gasteiger partial charge in [0.1, 0.15) is 17.7 Å². The lowest BCUT2D eigenvalue weighted by Gasteiger charge is -2.17. The lowest BCUT2D eigenvalue weighted by molar-refractivity contribution is -0.141. The second-order valence-corrected chi connectivity index (χ2v) is 4.80. The van der Waals surface area contributed by atoms with Gasteiger partial charge in [-0.05, 0) is 31.4 Å². The Kier molecular flexibility index (Phi) is 7.43. The van der Waals surface area contributed by atoms with Crippen LogP contribution in [0.2, 0.25) is 0 Å². The molecule has 0 spiro atoms. The number of nitrogens with one attached hydrogen (secondary N) is 1. The van der Waals surface area contributed by atoms with Gasteiger partial charge in [-0.1, -0.05) is 18.9 Å². The second kappa shape index (κ2) is 9.10. The molecule has 0 heterocycles. The number of esters is 1. The number of unbranched alkanes of at least 4 members (excludes halogenated alkanes) is 3. The number of benzene rings is 1. The standard InChI is InChI=1S/C16H21F2NO2/c1-3-4-5-6-7-8-15(16(20)21-2)19-14-10-12(17)9-13(18)11-14/h3,9-11,15,19H,1,4-8H2,2H3/t15-/m0/s1. The lowest BCUT2D eigenvalue weighted by Crippen LogP contribution is -2.30. The number of ether oxygens (including phenoxy) is 1. The molecule has 0 aliphatic heterocycles. The Labute approximate surface area is 124 Å². The predicted octanol–water partition coefficient (Wildman–Crippen LogP) is 4.05. The molecule has 3 nitrogen and oxygen atoms in total. The third-order valence-corrected chi connectivity index (χ3v) is 3.09. The summed E-state index contributed by atoms with van der Waals surface area (Å²) < 4.78 is 31.0. The number of halogens is 2. The van der Waals surface area contributed by atoms with Gasteiger partial charge in [-0.2, -0.15) is 0 Å². The van der Waals surface area contributed by atoms with Crippen LogP contribution in [0.25, 0.3) is 0 Å². The zero-order valence-corrected chi connectivity index (χ0v) is 12.2. The Hall–Kier alpha value is -1.91. The van der Waals surface area contributed by atoms with E-state index in [1.54, 1.807) is 0 Å². The molecule has 0 aromatic heterocycles. The van der Waals surface area contributed by atoms with Gasteiger partial charge in [0.15, 0.2) is 0 Å². The minimum absolute atomic E-state index is 0.231. The van der Waals surface area contributed by atoms with Crippen LogP contribution in [0.1, 0.15) is 32.1 Å². The first-order valence-corrected chi connectivity index (χ1v) is 6.98. The first kappa shape index (κ1) is 17.1. The van der Waals surface area contributed by atoms with Crippen LogP contribution in [-0.2, 0) is 9.53 Å². The van der Waals surface area contributed by atoms with E-state index < -0.39 is 23.6 Å². The summed E-state index contributed by atoms with van der Waals surface area (Å²) >= 11 is 0. The fourth-order valence-electron chi connectivity index (χ4n) is 2.04. The molecule has 116 valence electrons. The molecule has 1 rings (SSSR count). The van der Waals surface area contributed by atoms with E-state index >= 15 is 0 Å². The molecule has 1 N–H and O–H groups in total. The number of hydrogen-bond donors (Lipinski definition) is 1. The Morgan fingerprint density at radius 2 is 1.95 bits per heavy atom. The number of rotatable bonds is 9. The van der Waals surface area contributed by atoms with Crippen LogP contribution in [0, 0.1) is 11.6 Å². The SMILES string of the molecule is C=CCCCCC[C@H](Nc1cc(F)cc(F)c1)C(=O)OC. The van der Waals surface area contributed by atoms with Crippen molar-refractivity contribution in [3.8, 4) is 0 Å². The molecule has 0 saturated carbocycles. The lowest BCUT2D eigenvalue weighted by atomic mass is 10.1. The molecule has 0 saturated heterocycles. The molecule has 0 unspecified atom stereocenters. The fourth-order valence-corrected chi connectivity index (χ4v) is 2.04. The number of hydrogen-bond acceptors (Lipinski definition) is 3. The number of anilines is 1. The van der Waals surface area contributed by atoms with E-state index in [4.69, 9.17) is 4.74 Å². The number of allylic oxidation sites excluding steroid dienone is 1. The van der Waals surface area contributed by atoms with Crippen molar-refractivity contribution in [2.24, 2.45) is 0 Å². The molecule has 0 radical (unpaired) electrons. The van der Waals surface area contributed by atoms with Gasteiger partial charge < -0.3 is 10.1 Å². The van der Waals surface area contributed by atoms with Gasteiger partial charge in [-0.3, -0.25) is 0 Å². The van der Waals surface area contributed by atoms with E-state index in [0.29, 0.717) is 6.42 Å². The van der Waals surface area contributed by atoms with Crippen molar-refractivity contribution in [3.63, 3.8) is 0 Å². The van der Waals surface area contributed by atoms with E-state index in [0.717, 1.165) is 43.9 Å². The van der Waals surface area contributed by atoms with E-state index in [1.165, 1.54) is 7.11 Å². The first-order valence-electron chi connectivity index (χ1n) is 6.98. The van der Waals surface area contributed by atoms with E-state index in [1.807, 2.05) is 6.08 Å². The molecule has 1 atom stereocenters. The minimum Gasteiger partial charge on any atom is -0.467 e. The van der Waals surface area contributed by atoms with Crippen LogP contribution >= 0.6 is 0 Å². The topological polar surface area (TPSA) is 38.3 Å². The molecular formula is C16H21F2NO2. The Morgan fingerprint density at radius 1 is 1.29 bits per heavy atom. The highest BCUT2D eigenvalue weighted by molar-refractivity contribution is 5.79. The summed E-state index contributed by atoms with van der Waals surface area (Å²) in [7, 11) is 1.29. The maximum absolute atomic E-state index is 13.1. The number of carbonyl (C=O) groups is 1. The van der Waals surface area contributed by atoms with Gasteiger partial charge in [-0.25, -0.2) is 13.6 Å². The smallest absolute Gasteiger partial charge is 0.328 e. The van der Waals surface area contributed by atoms with Gasteiger partial charge in [0, 0.05) is 11.8 Å². The zero-order chi connectivity index (χ0) is 15.7. The Balaban J connectivity index is 2.60. The third kappa shape index (κ3) is 6.38. The average Bonchev–Trinajstić information content (AvgIpc) is 2.44. The zero-order valence-electron chi connectivity index (χ0n) is 12.2. The van der Waals surface area contributed by atoms with Gasteiger partial charge in [-0.15, -0.1) is 6.58 Å². The largest absolute Gasteiger partial charge is 0.467 e. The highest BCUT2D eigenvalue weighted by Crippen LogP contribution is 2.17. The van der Waals surface area contributed by atoms with Crippen molar-refractivity contribution in [2.45, 2.75) is 38.1 Å². The summed E-state index contributed by atoms with van der Waals surface area (Å²) in [6.07, 6.45) is 6.11. The molecule has 0 aliphatic rings. The third-order valence-electron chi connectivity index (χ3n) is 3.09. The van der Waals surface area contributed by atoms with Crippen molar-refractivity contribution in [2.75, 3.05) is 12.4 Å². The van der Waals surface area contributed by atoms with Crippen LogP contribution in [0.4, 0.5) is 14.5 Å². The summed E-state index contributed by atoms with van der Waals surface area (Å²) in [6.45, 7) is 3.65. The van der Waals surface area contributed by atoms with Crippen molar-refractivity contribution in [1.82, 2.24) is 0 Å². The van der Waals surface area contributed by atoms with Crippen molar-refractivity contribution >= 4 is 11.7 Å². The number of carbonyl (C=O) groups excluding carboxylic acids is 1. The summed E-state index contributed by atoms with van der Waals surface area (Å²) in [4.78, 5) is 11.7. The van der Waals surface area contributed by atoms with E-state index in [-0.39, 0.29) is 5.69 Å². The highest BCUT2D eigenvalue weighted by Gasteiger charge is 2.19. The summed E-state index contributed by atoms with van der Waals surface area (Å²) in [6, 6.07) is 2.47. The van der Waals surface area contributed by atoms with Crippen LogP contribution < -0.4 is 5.32 Å². The van der Waals surface area contributed by atoms with E-state index in [2.05, 4.69) is 11.9 Å². The summed E-state index contributed by atoms with van der Waals surface area (Å²) in [5.41, 5.74) is 0.231. The van der Waals surface area contributed by atoms with Crippen molar-refractivity contribution in [3.05, 3.63) is 42.5 Å². The molecule has 1 aromatic rings. The molecule has 21 heavy (non-hydrogen) atoms. The highest BCUT2D eigenvalue weighted by atomic mass is 19.1. The van der Waals surface area contributed by atoms with Crippen LogP contribution in [0.15, 0.2) is 30.9 Å². The molecule has 5 heteroatoms. The number of methoxy groups -OCH3 is 1. The van der Waals surface area contributed by atoms with Gasteiger partial charge in [0.05, 0.1) is 7.11 Å². The summed E-state index contributed by atoms with van der Waals surface area (Å²) in [5.74, 6) is -1.82. The van der Waals surface area contributed by atoms with Crippen molar-refractivity contribution < 1.29 is 18.3 Å².